The van der Waals surface area contributed by atoms with Gasteiger partial charge in [-0.3, -0.25) is 4.79 Å². The fourth-order valence-electron chi connectivity index (χ4n) is 3.15. The van der Waals surface area contributed by atoms with E-state index in [2.05, 4.69) is 5.32 Å². The van der Waals surface area contributed by atoms with Crippen LogP contribution < -0.4 is 5.32 Å². The van der Waals surface area contributed by atoms with Gasteiger partial charge in [-0.15, -0.1) is 0 Å². The molecule has 0 radical (unpaired) electrons. The van der Waals surface area contributed by atoms with Gasteiger partial charge in [-0.05, 0) is 43.5 Å². The lowest BCUT2D eigenvalue weighted by Gasteiger charge is -2.27. The van der Waals surface area contributed by atoms with Gasteiger partial charge < -0.3 is 15.1 Å². The monoisotopic (exact) mass is 365 g/mol. The van der Waals surface area contributed by atoms with Crippen molar-refractivity contribution in [2.45, 2.75) is 19.8 Å². The largest absolute Gasteiger partial charge is 0.339 e. The molecule has 0 spiro atoms. The molecular formula is C17H23N3O4S. The van der Waals surface area contributed by atoms with E-state index in [9.17, 15) is 18.0 Å². The molecule has 0 aliphatic carbocycles. The molecule has 7 nitrogen and oxygen atoms in total. The zero-order valence-corrected chi connectivity index (χ0v) is 15.1. The van der Waals surface area contributed by atoms with Crippen LogP contribution in [0.1, 0.15) is 28.8 Å². The van der Waals surface area contributed by atoms with Crippen LogP contribution in [0, 0.1) is 6.92 Å². The lowest BCUT2D eigenvalue weighted by Crippen LogP contribution is -2.45. The number of urea groups is 1. The standard InChI is InChI=1S/C17H23N3O4S/c1-13-12-14(16(21)19-6-2-3-7-19)4-5-15(13)18-17(22)20-8-10-25(23,24)11-9-20/h4-5,12H,2-3,6-11H2,1H3,(H,18,22). The number of benzene rings is 1. The number of hydrogen-bond donors (Lipinski definition) is 1. The number of nitrogens with one attached hydrogen (secondary N) is 1. The first-order valence-electron chi connectivity index (χ1n) is 8.52. The first-order chi connectivity index (χ1) is 11.9. The van der Waals surface area contributed by atoms with Gasteiger partial charge in [0.2, 0.25) is 0 Å². The Morgan fingerprint density at radius 1 is 1.00 bits per heavy atom. The number of anilines is 1. The number of nitrogens with zero attached hydrogens (tertiary/aromatic N) is 2. The summed E-state index contributed by atoms with van der Waals surface area (Å²) in [5, 5.41) is 2.81. The molecule has 2 heterocycles. The zero-order valence-electron chi connectivity index (χ0n) is 14.3. The van der Waals surface area contributed by atoms with E-state index < -0.39 is 9.84 Å². The molecule has 3 amide bonds. The molecule has 2 saturated heterocycles. The smallest absolute Gasteiger partial charge is 0.321 e. The third-order valence-electron chi connectivity index (χ3n) is 4.74. The summed E-state index contributed by atoms with van der Waals surface area (Å²) in [6.45, 7) is 3.86. The topological polar surface area (TPSA) is 86.8 Å². The maximum Gasteiger partial charge on any atom is 0.321 e. The zero-order chi connectivity index (χ0) is 18.0. The van der Waals surface area contributed by atoms with Crippen LogP contribution in [-0.2, 0) is 9.84 Å². The SMILES string of the molecule is Cc1cc(C(=O)N2CCCC2)ccc1NC(=O)N1CCS(=O)(=O)CC1. The number of amides is 3. The second-order valence-electron chi connectivity index (χ2n) is 6.60. The van der Waals surface area contributed by atoms with Gasteiger partial charge in [0.1, 0.15) is 0 Å². The number of aryl methyl sites for hydroxylation is 1. The quantitative estimate of drug-likeness (QED) is 0.860. The average molecular weight is 365 g/mol. The van der Waals surface area contributed by atoms with Crippen LogP contribution in [0.15, 0.2) is 18.2 Å². The molecule has 2 fully saturated rings. The van der Waals surface area contributed by atoms with E-state index in [1.807, 2.05) is 11.8 Å². The molecule has 136 valence electrons. The molecule has 2 aliphatic rings. The van der Waals surface area contributed by atoms with Crippen molar-refractivity contribution in [3.05, 3.63) is 29.3 Å². The van der Waals surface area contributed by atoms with E-state index in [0.717, 1.165) is 31.5 Å². The fourth-order valence-corrected chi connectivity index (χ4v) is 4.35. The molecular weight excluding hydrogens is 342 g/mol. The molecule has 3 rings (SSSR count). The van der Waals surface area contributed by atoms with Gasteiger partial charge in [-0.1, -0.05) is 0 Å². The van der Waals surface area contributed by atoms with Crippen LogP contribution in [0.3, 0.4) is 0 Å². The van der Waals surface area contributed by atoms with E-state index in [1.54, 1.807) is 18.2 Å². The fraction of sp³-hybridized carbons (Fsp3) is 0.529. The highest BCUT2D eigenvalue weighted by Crippen LogP contribution is 2.20. The molecule has 2 aliphatic heterocycles. The molecule has 0 aromatic heterocycles. The van der Waals surface area contributed by atoms with Crippen molar-refractivity contribution in [1.29, 1.82) is 0 Å². The Bertz CT molecular complexity index is 771. The third kappa shape index (κ3) is 4.12. The lowest BCUT2D eigenvalue weighted by atomic mass is 10.1. The van der Waals surface area contributed by atoms with Gasteiger partial charge in [-0.2, -0.15) is 0 Å². The van der Waals surface area contributed by atoms with Gasteiger partial charge in [0.15, 0.2) is 9.84 Å². The van der Waals surface area contributed by atoms with Crippen molar-refractivity contribution in [2.75, 3.05) is 43.0 Å². The predicted molar refractivity (Wildman–Crippen MR) is 95.6 cm³/mol. The Labute approximate surface area is 147 Å². The van der Waals surface area contributed by atoms with Gasteiger partial charge in [0.25, 0.3) is 5.91 Å². The Morgan fingerprint density at radius 2 is 1.64 bits per heavy atom. The van der Waals surface area contributed by atoms with E-state index in [1.165, 1.54) is 4.90 Å². The van der Waals surface area contributed by atoms with Crippen LogP contribution in [0.4, 0.5) is 10.5 Å². The number of carbonyl (C=O) groups is 2. The van der Waals surface area contributed by atoms with Crippen LogP contribution in [0.2, 0.25) is 0 Å². The molecule has 1 N–H and O–H groups in total. The highest BCUT2D eigenvalue weighted by atomic mass is 32.2. The molecule has 1 aromatic carbocycles. The number of carbonyl (C=O) groups excluding carboxylic acids is 2. The van der Waals surface area contributed by atoms with Crippen molar-refractivity contribution in [3.63, 3.8) is 0 Å². The minimum atomic E-state index is -3.02. The van der Waals surface area contributed by atoms with Gasteiger partial charge >= 0.3 is 6.03 Å². The van der Waals surface area contributed by atoms with Crippen molar-refractivity contribution < 1.29 is 18.0 Å². The maximum absolute atomic E-state index is 12.4. The number of likely N-dealkylation sites (tertiary alicyclic amines) is 1. The Hall–Kier alpha value is -2.09. The van der Waals surface area contributed by atoms with Crippen molar-refractivity contribution >= 4 is 27.5 Å². The van der Waals surface area contributed by atoms with Gasteiger partial charge in [0, 0.05) is 37.4 Å². The molecule has 8 heteroatoms. The van der Waals surface area contributed by atoms with Gasteiger partial charge in [0.05, 0.1) is 11.5 Å². The summed E-state index contributed by atoms with van der Waals surface area (Å²) in [5.74, 6) is 0.0328. The van der Waals surface area contributed by atoms with Crippen LogP contribution in [-0.4, -0.2) is 67.8 Å². The highest BCUT2D eigenvalue weighted by molar-refractivity contribution is 7.91. The highest BCUT2D eigenvalue weighted by Gasteiger charge is 2.25. The molecule has 1 aromatic rings. The summed E-state index contributed by atoms with van der Waals surface area (Å²) in [6.07, 6.45) is 2.09. The van der Waals surface area contributed by atoms with Crippen LogP contribution >= 0.6 is 0 Å². The van der Waals surface area contributed by atoms with E-state index >= 15 is 0 Å². The normalized spacial score (nSPS) is 19.7. The summed E-state index contributed by atoms with van der Waals surface area (Å²) in [5.41, 5.74) is 2.07. The summed E-state index contributed by atoms with van der Waals surface area (Å²) in [6, 6.07) is 4.94. The molecule has 0 unspecified atom stereocenters. The first-order valence-corrected chi connectivity index (χ1v) is 10.3. The van der Waals surface area contributed by atoms with Crippen molar-refractivity contribution in [1.82, 2.24) is 9.80 Å². The van der Waals surface area contributed by atoms with E-state index in [4.69, 9.17) is 0 Å². The predicted octanol–water partition coefficient (Wildman–Crippen LogP) is 1.49. The second kappa shape index (κ2) is 7.03. The summed E-state index contributed by atoms with van der Waals surface area (Å²) in [4.78, 5) is 28.1. The molecule has 25 heavy (non-hydrogen) atoms. The number of rotatable bonds is 2. The lowest BCUT2D eigenvalue weighted by molar-refractivity contribution is 0.0792. The minimum Gasteiger partial charge on any atom is -0.339 e. The molecule has 0 saturated carbocycles. The Kier molecular flexibility index (Phi) is 4.99. The number of hydrogen-bond acceptors (Lipinski definition) is 4. The van der Waals surface area contributed by atoms with Gasteiger partial charge in [-0.25, -0.2) is 13.2 Å². The molecule has 0 bridgehead atoms. The summed E-state index contributed by atoms with van der Waals surface area (Å²) >= 11 is 0. The van der Waals surface area contributed by atoms with E-state index in [0.29, 0.717) is 11.3 Å². The first kappa shape index (κ1) is 17.7. The summed E-state index contributed by atoms with van der Waals surface area (Å²) in [7, 11) is -3.02. The second-order valence-corrected chi connectivity index (χ2v) is 8.90. The number of sulfone groups is 1. The van der Waals surface area contributed by atoms with E-state index in [-0.39, 0.29) is 36.5 Å². The third-order valence-corrected chi connectivity index (χ3v) is 6.35. The Morgan fingerprint density at radius 3 is 2.24 bits per heavy atom. The van der Waals surface area contributed by atoms with Crippen molar-refractivity contribution in [3.8, 4) is 0 Å². The Balaban J connectivity index is 1.65. The minimum absolute atomic E-state index is 0.00266. The summed E-state index contributed by atoms with van der Waals surface area (Å²) < 4.78 is 22.9. The molecule has 0 atom stereocenters. The average Bonchev–Trinajstić information content (AvgIpc) is 3.10. The van der Waals surface area contributed by atoms with Crippen LogP contribution in [0.5, 0.6) is 0 Å². The van der Waals surface area contributed by atoms with Crippen molar-refractivity contribution in [2.24, 2.45) is 0 Å². The maximum atomic E-state index is 12.4. The van der Waals surface area contributed by atoms with Crippen LogP contribution in [0.25, 0.3) is 0 Å².